The second-order valence-corrected chi connectivity index (χ2v) is 6.13. The number of ether oxygens (including phenoxy) is 1. The summed E-state index contributed by atoms with van der Waals surface area (Å²) in [5, 5.41) is 7.43. The van der Waals surface area contributed by atoms with Gasteiger partial charge in [0.05, 0.1) is 19.3 Å². The molecule has 10 heteroatoms. The topological polar surface area (TPSA) is 61.8 Å². The number of nitrogens with zero attached hydrogens (tertiary/aromatic N) is 3. The fourth-order valence-electron chi connectivity index (χ4n) is 2.10. The number of morpholine rings is 1. The van der Waals surface area contributed by atoms with Crippen LogP contribution >= 0.6 is 11.3 Å². The number of alkyl halides is 3. The normalized spacial score (nSPS) is 20.6. The molecule has 0 aliphatic carbocycles. The predicted octanol–water partition coefficient (Wildman–Crippen LogP) is 1.16. The van der Waals surface area contributed by atoms with Gasteiger partial charge in [0.25, 0.3) is 0 Å². The minimum Gasteiger partial charge on any atom is -0.374 e. The Bertz CT molecular complexity index is 534. The summed E-state index contributed by atoms with van der Waals surface area (Å²) < 4.78 is 43.1. The first-order valence-electron chi connectivity index (χ1n) is 7.14. The van der Waals surface area contributed by atoms with Gasteiger partial charge in [0.2, 0.25) is 0 Å². The summed E-state index contributed by atoms with van der Waals surface area (Å²) in [7, 11) is 3.63. The molecule has 1 saturated heterocycles. The number of aromatic nitrogens is 1. The van der Waals surface area contributed by atoms with Crippen molar-refractivity contribution in [1.82, 2.24) is 20.5 Å². The summed E-state index contributed by atoms with van der Waals surface area (Å²) in [6.45, 7) is 3.19. The Labute approximate surface area is 136 Å². The van der Waals surface area contributed by atoms with Crippen LogP contribution in [0, 0.1) is 0 Å². The third-order valence-electron chi connectivity index (χ3n) is 3.31. The van der Waals surface area contributed by atoms with E-state index in [0.29, 0.717) is 24.1 Å². The van der Waals surface area contributed by atoms with Gasteiger partial charge in [0.15, 0.2) is 11.7 Å². The Morgan fingerprint density at radius 1 is 1.52 bits per heavy atom. The molecular weight excluding hydrogens is 331 g/mol. The number of thiazole rings is 1. The summed E-state index contributed by atoms with van der Waals surface area (Å²) >= 11 is 0.968. The summed E-state index contributed by atoms with van der Waals surface area (Å²) in [4.78, 5) is 9.79. The molecule has 0 bridgehead atoms. The van der Waals surface area contributed by atoms with Crippen LogP contribution in [0.25, 0.3) is 0 Å². The molecule has 130 valence electrons. The van der Waals surface area contributed by atoms with E-state index >= 15 is 0 Å². The fourth-order valence-corrected chi connectivity index (χ4v) is 2.84. The van der Waals surface area contributed by atoms with E-state index in [1.165, 1.54) is 0 Å². The van der Waals surface area contributed by atoms with Crippen molar-refractivity contribution in [1.29, 1.82) is 0 Å². The lowest BCUT2D eigenvalue weighted by atomic mass is 10.3. The fraction of sp³-hybridized carbons (Fsp3) is 0.692. The van der Waals surface area contributed by atoms with Crippen LogP contribution in [0.15, 0.2) is 10.4 Å². The average molecular weight is 351 g/mol. The average Bonchev–Trinajstić information content (AvgIpc) is 2.96. The number of guanidine groups is 1. The van der Waals surface area contributed by atoms with E-state index in [-0.39, 0.29) is 12.6 Å². The van der Waals surface area contributed by atoms with E-state index < -0.39 is 11.9 Å². The molecule has 1 aromatic rings. The van der Waals surface area contributed by atoms with Gasteiger partial charge in [-0.15, -0.1) is 11.3 Å². The van der Waals surface area contributed by atoms with Gasteiger partial charge in [-0.3, -0.25) is 4.99 Å². The Morgan fingerprint density at radius 2 is 2.30 bits per heavy atom. The van der Waals surface area contributed by atoms with E-state index in [9.17, 15) is 13.2 Å². The monoisotopic (exact) mass is 351 g/mol. The summed E-state index contributed by atoms with van der Waals surface area (Å²) in [6, 6.07) is 0. The van der Waals surface area contributed by atoms with Crippen LogP contribution in [0.1, 0.15) is 10.7 Å². The predicted molar refractivity (Wildman–Crippen MR) is 82.6 cm³/mol. The maximum absolute atomic E-state index is 12.5. The molecule has 1 atom stereocenters. The largest absolute Gasteiger partial charge is 0.434 e. The van der Waals surface area contributed by atoms with Gasteiger partial charge >= 0.3 is 6.18 Å². The number of nitrogens with one attached hydrogen (secondary N) is 2. The minimum atomic E-state index is -4.40. The molecule has 2 N–H and O–H groups in total. The van der Waals surface area contributed by atoms with Crippen molar-refractivity contribution in [2.24, 2.45) is 4.99 Å². The highest BCUT2D eigenvalue weighted by Crippen LogP contribution is 2.29. The van der Waals surface area contributed by atoms with Gasteiger partial charge < -0.3 is 20.3 Å². The summed E-state index contributed by atoms with van der Waals surface area (Å²) in [5.74, 6) is 0.505. The molecule has 23 heavy (non-hydrogen) atoms. The lowest BCUT2D eigenvalue weighted by Gasteiger charge is -2.30. The Kier molecular flexibility index (Phi) is 6.19. The first kappa shape index (κ1) is 18.0. The highest BCUT2D eigenvalue weighted by atomic mass is 32.1. The van der Waals surface area contributed by atoms with Crippen molar-refractivity contribution in [2.75, 3.05) is 40.3 Å². The second kappa shape index (κ2) is 7.93. The van der Waals surface area contributed by atoms with Crippen molar-refractivity contribution >= 4 is 17.3 Å². The summed E-state index contributed by atoms with van der Waals surface area (Å²) in [6.07, 6.45) is -4.34. The van der Waals surface area contributed by atoms with Crippen molar-refractivity contribution in [3.05, 3.63) is 16.1 Å². The van der Waals surface area contributed by atoms with Gasteiger partial charge in [-0.2, -0.15) is 13.2 Å². The molecule has 6 nitrogen and oxygen atoms in total. The zero-order chi connectivity index (χ0) is 16.9. The first-order valence-corrected chi connectivity index (χ1v) is 8.02. The molecule has 1 aliphatic heterocycles. The van der Waals surface area contributed by atoms with E-state index in [2.05, 4.69) is 25.5 Å². The number of likely N-dealkylation sites (N-methyl/N-ethyl adjacent to an activating group) is 1. The first-order chi connectivity index (χ1) is 10.9. The van der Waals surface area contributed by atoms with Gasteiger partial charge in [0, 0.05) is 32.1 Å². The van der Waals surface area contributed by atoms with Crippen LogP contribution in [0.4, 0.5) is 13.2 Å². The highest BCUT2D eigenvalue weighted by Gasteiger charge is 2.33. The zero-order valence-electron chi connectivity index (χ0n) is 13.0. The van der Waals surface area contributed by atoms with Gasteiger partial charge in [0.1, 0.15) is 5.01 Å². The third kappa shape index (κ3) is 5.63. The van der Waals surface area contributed by atoms with Crippen molar-refractivity contribution < 1.29 is 17.9 Å². The van der Waals surface area contributed by atoms with Gasteiger partial charge in [-0.05, 0) is 7.05 Å². The SMILES string of the molecule is CN=C(NCc1nc(C(F)(F)F)cs1)NCC1CN(C)CCO1. The lowest BCUT2D eigenvalue weighted by molar-refractivity contribution is -0.140. The van der Waals surface area contributed by atoms with Crippen LogP contribution < -0.4 is 10.6 Å². The quantitative estimate of drug-likeness (QED) is 0.630. The van der Waals surface area contributed by atoms with Crippen LogP contribution in [0.2, 0.25) is 0 Å². The molecule has 0 radical (unpaired) electrons. The highest BCUT2D eigenvalue weighted by molar-refractivity contribution is 7.09. The molecule has 1 aromatic heterocycles. The standard InChI is InChI=1S/C13H20F3N5OS/c1-17-12(18-5-9-7-21(2)3-4-22-9)19-6-11-20-10(8-23-11)13(14,15)16/h8-9H,3-7H2,1-2H3,(H2,17,18,19). The summed E-state index contributed by atoms with van der Waals surface area (Å²) in [5.41, 5.74) is -0.860. The van der Waals surface area contributed by atoms with Crippen molar-refractivity contribution in [3.63, 3.8) is 0 Å². The smallest absolute Gasteiger partial charge is 0.374 e. The minimum absolute atomic E-state index is 0.0593. The van der Waals surface area contributed by atoms with E-state index in [4.69, 9.17) is 4.74 Å². The molecule has 1 fully saturated rings. The molecule has 2 rings (SSSR count). The number of aliphatic imine (C=N–C) groups is 1. The molecule has 2 heterocycles. The van der Waals surface area contributed by atoms with E-state index in [1.54, 1.807) is 7.05 Å². The van der Waals surface area contributed by atoms with Crippen molar-refractivity contribution in [2.45, 2.75) is 18.8 Å². The Hall–Kier alpha value is -1.39. The number of hydrogen-bond donors (Lipinski definition) is 2. The van der Waals surface area contributed by atoms with Gasteiger partial charge in [-0.25, -0.2) is 4.98 Å². The molecule has 1 unspecified atom stereocenters. The van der Waals surface area contributed by atoms with Crippen LogP contribution in [0.5, 0.6) is 0 Å². The molecule has 0 spiro atoms. The van der Waals surface area contributed by atoms with Crippen LogP contribution in [-0.2, 0) is 17.5 Å². The molecule has 0 amide bonds. The second-order valence-electron chi connectivity index (χ2n) is 5.19. The van der Waals surface area contributed by atoms with E-state index in [0.717, 1.165) is 29.8 Å². The maximum Gasteiger partial charge on any atom is 0.434 e. The van der Waals surface area contributed by atoms with Crippen LogP contribution in [0.3, 0.4) is 0 Å². The molecular formula is C13H20F3N5OS. The Balaban J connectivity index is 1.78. The molecule has 0 aromatic carbocycles. The Morgan fingerprint density at radius 3 is 2.91 bits per heavy atom. The molecule has 1 aliphatic rings. The maximum atomic E-state index is 12.5. The van der Waals surface area contributed by atoms with E-state index in [1.807, 2.05) is 7.05 Å². The zero-order valence-corrected chi connectivity index (χ0v) is 13.8. The van der Waals surface area contributed by atoms with Gasteiger partial charge in [-0.1, -0.05) is 0 Å². The van der Waals surface area contributed by atoms with Crippen molar-refractivity contribution in [3.8, 4) is 0 Å². The number of hydrogen-bond acceptors (Lipinski definition) is 5. The molecule has 0 saturated carbocycles. The number of halogens is 3. The number of rotatable bonds is 4. The van der Waals surface area contributed by atoms with Crippen LogP contribution in [-0.4, -0.2) is 62.3 Å². The third-order valence-corrected chi connectivity index (χ3v) is 4.16. The lowest BCUT2D eigenvalue weighted by Crippen LogP contribution is -2.48.